The maximum Gasteiger partial charge on any atom is 0.0751 e. The van der Waals surface area contributed by atoms with Gasteiger partial charge in [-0.3, -0.25) is 0 Å². The minimum absolute atomic E-state index is 0.0636. The van der Waals surface area contributed by atoms with E-state index in [9.17, 15) is 0 Å². The van der Waals surface area contributed by atoms with Crippen molar-refractivity contribution < 1.29 is 4.74 Å². The van der Waals surface area contributed by atoms with Gasteiger partial charge in [0.15, 0.2) is 0 Å². The van der Waals surface area contributed by atoms with Crippen LogP contribution in [0.25, 0.3) is 34.4 Å². The van der Waals surface area contributed by atoms with Crippen LogP contribution in [0, 0.1) is 0 Å². The quantitative estimate of drug-likeness (QED) is 0.111. The van der Waals surface area contributed by atoms with Gasteiger partial charge in [-0.15, -0.1) is 0 Å². The van der Waals surface area contributed by atoms with Crippen LogP contribution in [0.2, 0.25) is 12.6 Å². The molecule has 2 unspecified atom stereocenters. The third-order valence-corrected chi connectivity index (χ3v) is 17.7. The average molecular weight is 723 g/mol. The standard InChI is InChI=1S/C51H66OSi/c1-35-33-45-41(37-23-27-39(28-24-37)49(3,4)5)19-17-21-43(45)47(35)53(12,32-16-14-13-15-31-52-51(9,10)11)48-36(2)34-46-42(20-18-22-44(46)48)38-25-29-40(30-26-38)50(6,7)8/h17-30,33-34,47-48H,13-16,31-32H2,1-12H3. The Hall–Kier alpha value is -3.46. The molecule has 2 atom stereocenters. The summed E-state index contributed by atoms with van der Waals surface area (Å²) in [6.07, 6.45) is 10.0. The number of ether oxygens (including phenoxy) is 1. The van der Waals surface area contributed by atoms with Crippen LogP contribution in [-0.2, 0) is 15.6 Å². The van der Waals surface area contributed by atoms with E-state index in [1.165, 1.54) is 69.8 Å². The molecule has 0 spiro atoms. The van der Waals surface area contributed by atoms with Crippen molar-refractivity contribution in [2.75, 3.05) is 6.61 Å². The zero-order chi connectivity index (χ0) is 38.3. The molecule has 280 valence electrons. The first-order valence-electron chi connectivity index (χ1n) is 20.4. The van der Waals surface area contributed by atoms with Crippen LogP contribution in [0.1, 0.15) is 146 Å². The molecule has 6 rings (SSSR count). The second-order valence-corrected chi connectivity index (χ2v) is 24.2. The maximum atomic E-state index is 6.08. The highest BCUT2D eigenvalue weighted by Gasteiger charge is 2.49. The largest absolute Gasteiger partial charge is 0.376 e. The van der Waals surface area contributed by atoms with E-state index in [0.717, 1.165) is 13.0 Å². The van der Waals surface area contributed by atoms with Gasteiger partial charge in [0.05, 0.1) is 13.7 Å². The van der Waals surface area contributed by atoms with E-state index in [4.69, 9.17) is 4.74 Å². The first-order chi connectivity index (χ1) is 24.9. The number of hydrogen-bond acceptors (Lipinski definition) is 1. The monoisotopic (exact) mass is 722 g/mol. The van der Waals surface area contributed by atoms with Crippen molar-refractivity contribution in [3.05, 3.63) is 129 Å². The molecule has 0 amide bonds. The van der Waals surface area contributed by atoms with Crippen molar-refractivity contribution >= 4 is 20.2 Å². The second-order valence-electron chi connectivity index (χ2n) is 19.5. The van der Waals surface area contributed by atoms with Crippen molar-refractivity contribution in [2.24, 2.45) is 0 Å². The Labute approximate surface area is 324 Å². The van der Waals surface area contributed by atoms with Gasteiger partial charge in [0.2, 0.25) is 0 Å². The number of unbranched alkanes of at least 4 members (excludes halogenated alkanes) is 3. The molecular formula is C51H66OSi. The Balaban J connectivity index is 1.38. The number of fused-ring (bicyclic) bond motifs is 2. The predicted molar refractivity (Wildman–Crippen MR) is 235 cm³/mol. The zero-order valence-corrected chi connectivity index (χ0v) is 36.0. The third kappa shape index (κ3) is 8.30. The smallest absolute Gasteiger partial charge is 0.0751 e. The summed E-state index contributed by atoms with van der Waals surface area (Å²) < 4.78 is 6.08. The van der Waals surface area contributed by atoms with Crippen molar-refractivity contribution in [1.29, 1.82) is 0 Å². The molecule has 0 radical (unpaired) electrons. The molecule has 0 fully saturated rings. The van der Waals surface area contributed by atoms with Crippen LogP contribution in [0.15, 0.2) is 96.1 Å². The van der Waals surface area contributed by atoms with Crippen LogP contribution < -0.4 is 0 Å². The molecule has 1 nitrogen and oxygen atoms in total. The molecule has 2 heteroatoms. The second kappa shape index (κ2) is 15.0. The van der Waals surface area contributed by atoms with Gasteiger partial charge in [-0.05, 0) is 108 Å². The van der Waals surface area contributed by atoms with Gasteiger partial charge >= 0.3 is 0 Å². The predicted octanol–water partition coefficient (Wildman–Crippen LogP) is 14.8. The van der Waals surface area contributed by atoms with E-state index >= 15 is 0 Å². The first-order valence-corrected chi connectivity index (χ1v) is 23.2. The fourth-order valence-electron chi connectivity index (χ4n) is 9.45. The van der Waals surface area contributed by atoms with Crippen molar-refractivity contribution in [2.45, 2.75) is 142 Å². The van der Waals surface area contributed by atoms with Crippen LogP contribution in [0.3, 0.4) is 0 Å². The lowest BCUT2D eigenvalue weighted by Crippen LogP contribution is -2.45. The summed E-state index contributed by atoms with van der Waals surface area (Å²) in [6.45, 7) is 28.8. The van der Waals surface area contributed by atoms with E-state index < -0.39 is 8.07 Å². The Morgan fingerprint density at radius 3 is 1.34 bits per heavy atom. The Morgan fingerprint density at radius 1 is 0.528 bits per heavy atom. The fraction of sp³-hybridized carbons (Fsp3) is 0.451. The summed E-state index contributed by atoms with van der Waals surface area (Å²) in [5.74, 6) is 0. The summed E-state index contributed by atoms with van der Waals surface area (Å²) in [5, 5.41) is 0. The molecule has 0 bridgehead atoms. The molecule has 0 saturated heterocycles. The molecule has 2 aliphatic carbocycles. The molecule has 0 heterocycles. The molecular weight excluding hydrogens is 657 g/mol. The van der Waals surface area contributed by atoms with Crippen LogP contribution >= 0.6 is 0 Å². The highest BCUT2D eigenvalue weighted by Crippen LogP contribution is 2.56. The molecule has 2 aliphatic rings. The van der Waals surface area contributed by atoms with Crippen molar-refractivity contribution in [3.8, 4) is 22.3 Å². The summed E-state index contributed by atoms with van der Waals surface area (Å²) in [7, 11) is -2.09. The van der Waals surface area contributed by atoms with E-state index in [-0.39, 0.29) is 16.4 Å². The van der Waals surface area contributed by atoms with Gasteiger partial charge in [0.25, 0.3) is 0 Å². The summed E-state index contributed by atoms with van der Waals surface area (Å²) >= 11 is 0. The molecule has 0 N–H and O–H groups in total. The average Bonchev–Trinajstić information content (AvgIpc) is 3.62. The van der Waals surface area contributed by atoms with Crippen molar-refractivity contribution in [3.63, 3.8) is 0 Å². The number of allylic oxidation sites excluding steroid dienone is 2. The SMILES string of the molecule is CC1=Cc2c(-c3ccc(C(C)(C)C)cc3)cccc2C1[Si](C)(CCCCCCOC(C)(C)C)C1C(C)=Cc2c(-c3ccc(C(C)(C)C)cc3)cccc21. The van der Waals surface area contributed by atoms with Crippen LogP contribution in [0.5, 0.6) is 0 Å². The van der Waals surface area contributed by atoms with Crippen LogP contribution in [0.4, 0.5) is 0 Å². The molecule has 4 aromatic carbocycles. The van der Waals surface area contributed by atoms with Crippen molar-refractivity contribution in [1.82, 2.24) is 0 Å². The van der Waals surface area contributed by atoms with E-state index in [2.05, 4.69) is 180 Å². The van der Waals surface area contributed by atoms with Gasteiger partial charge in [-0.1, -0.05) is 182 Å². The number of benzene rings is 4. The zero-order valence-electron chi connectivity index (χ0n) is 35.0. The summed E-state index contributed by atoms with van der Waals surface area (Å²) in [6, 6.07) is 34.4. The van der Waals surface area contributed by atoms with Gasteiger partial charge < -0.3 is 4.74 Å². The van der Waals surface area contributed by atoms with Crippen LogP contribution in [-0.4, -0.2) is 20.3 Å². The molecule has 0 aromatic heterocycles. The van der Waals surface area contributed by atoms with Gasteiger partial charge in [-0.25, -0.2) is 0 Å². The lowest BCUT2D eigenvalue weighted by molar-refractivity contribution is -0.00471. The third-order valence-electron chi connectivity index (χ3n) is 12.1. The van der Waals surface area contributed by atoms with Gasteiger partial charge in [0.1, 0.15) is 0 Å². The topological polar surface area (TPSA) is 9.23 Å². The van der Waals surface area contributed by atoms with E-state index in [0.29, 0.717) is 11.1 Å². The minimum Gasteiger partial charge on any atom is -0.376 e. The highest BCUT2D eigenvalue weighted by atomic mass is 28.3. The first kappa shape index (κ1) is 39.2. The summed E-state index contributed by atoms with van der Waals surface area (Å²) in [5.41, 5.74) is 18.5. The highest BCUT2D eigenvalue weighted by molar-refractivity contribution is 6.83. The number of hydrogen-bond donors (Lipinski definition) is 0. The fourth-order valence-corrected chi connectivity index (χ4v) is 15.5. The molecule has 0 aliphatic heterocycles. The van der Waals surface area contributed by atoms with E-state index in [1.807, 2.05) is 0 Å². The molecule has 4 aromatic rings. The molecule has 53 heavy (non-hydrogen) atoms. The van der Waals surface area contributed by atoms with E-state index in [1.54, 1.807) is 22.3 Å². The lowest BCUT2D eigenvalue weighted by atomic mass is 9.86. The van der Waals surface area contributed by atoms with Gasteiger partial charge in [-0.2, -0.15) is 0 Å². The Kier molecular flexibility index (Phi) is 11.1. The Morgan fingerprint density at radius 2 is 0.943 bits per heavy atom. The maximum absolute atomic E-state index is 6.08. The Bertz CT molecular complexity index is 1840. The summed E-state index contributed by atoms with van der Waals surface area (Å²) in [4.78, 5) is 0. The normalized spacial score (nSPS) is 18.3. The molecule has 0 saturated carbocycles. The number of rotatable bonds is 11. The minimum atomic E-state index is -2.09. The van der Waals surface area contributed by atoms with Gasteiger partial charge in [0, 0.05) is 17.7 Å². The lowest BCUT2D eigenvalue weighted by Gasteiger charge is -2.42.